The summed E-state index contributed by atoms with van der Waals surface area (Å²) in [7, 11) is 0. The molecule has 0 saturated heterocycles. The van der Waals surface area contributed by atoms with Crippen molar-refractivity contribution >= 4 is 10.8 Å². The van der Waals surface area contributed by atoms with Crippen LogP contribution < -0.4 is 0 Å². The van der Waals surface area contributed by atoms with Crippen molar-refractivity contribution in [3.63, 3.8) is 0 Å². The molecule has 1 aliphatic carbocycles. The largest absolute Gasteiger partial charge is 0.0625 e. The van der Waals surface area contributed by atoms with Crippen molar-refractivity contribution in [3.05, 3.63) is 83.9 Å². The second-order valence-corrected chi connectivity index (χ2v) is 7.66. The van der Waals surface area contributed by atoms with E-state index in [4.69, 9.17) is 0 Å². The summed E-state index contributed by atoms with van der Waals surface area (Å²) in [4.78, 5) is 0. The second-order valence-electron chi connectivity index (χ2n) is 7.66. The van der Waals surface area contributed by atoms with E-state index in [1.807, 2.05) is 0 Å². The van der Waals surface area contributed by atoms with E-state index in [2.05, 4.69) is 86.6 Å². The molecule has 0 bridgehead atoms. The van der Waals surface area contributed by atoms with Gasteiger partial charge in [0.25, 0.3) is 0 Å². The molecule has 130 valence electrons. The number of hydrogen-bond acceptors (Lipinski definition) is 0. The first-order valence-electron chi connectivity index (χ1n) is 9.70. The van der Waals surface area contributed by atoms with Crippen LogP contribution in [0.3, 0.4) is 0 Å². The van der Waals surface area contributed by atoms with Gasteiger partial charge in [0, 0.05) is 0 Å². The number of fused-ring (bicyclic) bond motifs is 1. The van der Waals surface area contributed by atoms with Gasteiger partial charge < -0.3 is 0 Å². The third-order valence-corrected chi connectivity index (χ3v) is 5.44. The van der Waals surface area contributed by atoms with Gasteiger partial charge in [0.05, 0.1) is 0 Å². The molecule has 3 aromatic rings. The van der Waals surface area contributed by atoms with Gasteiger partial charge in [-0.1, -0.05) is 98.1 Å². The first kappa shape index (κ1) is 17.7. The molecule has 1 aliphatic rings. The van der Waals surface area contributed by atoms with E-state index in [1.54, 1.807) is 0 Å². The molecule has 3 aromatic carbocycles. The van der Waals surface area contributed by atoms with Crippen molar-refractivity contribution in [2.45, 2.75) is 46.0 Å². The maximum absolute atomic E-state index is 2.39. The highest BCUT2D eigenvalue weighted by Crippen LogP contribution is 2.30. The number of rotatable bonds is 2. The highest BCUT2D eigenvalue weighted by molar-refractivity contribution is 5.81. The minimum Gasteiger partial charge on any atom is -0.0625 e. The van der Waals surface area contributed by atoms with E-state index in [0.717, 1.165) is 11.8 Å². The Morgan fingerprint density at radius 3 is 1.64 bits per heavy atom. The number of hydrogen-bond donors (Lipinski definition) is 0. The van der Waals surface area contributed by atoms with Crippen molar-refractivity contribution in [2.75, 3.05) is 0 Å². The summed E-state index contributed by atoms with van der Waals surface area (Å²) in [5.74, 6) is 1.92. The van der Waals surface area contributed by atoms with Gasteiger partial charge >= 0.3 is 0 Å². The normalized spacial score (nSPS) is 19.9. The SMILES string of the molecule is Cc1ccc(CC2CCC(C)CC2)cc1.c1ccc2ccccc2c1. The molecule has 25 heavy (non-hydrogen) atoms. The molecule has 0 amide bonds. The summed E-state index contributed by atoms with van der Waals surface area (Å²) in [6.45, 7) is 4.55. The first-order chi connectivity index (χ1) is 12.2. The molecule has 0 nitrogen and oxygen atoms in total. The van der Waals surface area contributed by atoms with Crippen LogP contribution in [-0.4, -0.2) is 0 Å². The van der Waals surface area contributed by atoms with E-state index in [0.29, 0.717) is 0 Å². The standard InChI is InChI=1S/C15H22.C10H8/c1-12-3-7-14(8-4-12)11-15-9-5-13(2)6-10-15;1-2-6-10-8-4-3-7-9(10)5-1/h3-4,7-8,13,15H,5-6,9-11H2,1-2H3;1-8H. The van der Waals surface area contributed by atoms with Gasteiger partial charge in [-0.25, -0.2) is 0 Å². The summed E-state index contributed by atoms with van der Waals surface area (Å²) in [6.07, 6.45) is 7.06. The van der Waals surface area contributed by atoms with Gasteiger partial charge in [0.1, 0.15) is 0 Å². The minimum absolute atomic E-state index is 0.948. The van der Waals surface area contributed by atoms with Gasteiger partial charge in [0.2, 0.25) is 0 Å². The molecule has 0 unspecified atom stereocenters. The molecule has 0 radical (unpaired) electrons. The molecule has 0 N–H and O–H groups in total. The minimum atomic E-state index is 0.948. The maximum Gasteiger partial charge on any atom is -0.0184 e. The lowest BCUT2D eigenvalue weighted by molar-refractivity contribution is 0.289. The highest BCUT2D eigenvalue weighted by atomic mass is 14.2. The van der Waals surface area contributed by atoms with Gasteiger partial charge in [-0.05, 0) is 54.4 Å². The van der Waals surface area contributed by atoms with Crippen LogP contribution in [0.1, 0.15) is 43.7 Å². The molecule has 0 aromatic heterocycles. The van der Waals surface area contributed by atoms with Crippen molar-refractivity contribution in [1.82, 2.24) is 0 Å². The summed E-state index contributed by atoms with van der Waals surface area (Å²) in [5.41, 5.74) is 2.90. The highest BCUT2D eigenvalue weighted by Gasteiger charge is 2.18. The van der Waals surface area contributed by atoms with Crippen LogP contribution in [0.2, 0.25) is 0 Å². The molecule has 0 heteroatoms. The average molecular weight is 331 g/mol. The van der Waals surface area contributed by atoms with Crippen molar-refractivity contribution in [3.8, 4) is 0 Å². The third-order valence-electron chi connectivity index (χ3n) is 5.44. The third kappa shape index (κ3) is 5.46. The summed E-state index contributed by atoms with van der Waals surface area (Å²) < 4.78 is 0. The fourth-order valence-electron chi connectivity index (χ4n) is 3.72. The van der Waals surface area contributed by atoms with Crippen LogP contribution in [0.5, 0.6) is 0 Å². The Balaban J connectivity index is 0.000000157. The van der Waals surface area contributed by atoms with Gasteiger partial charge in [0.15, 0.2) is 0 Å². The summed E-state index contributed by atoms with van der Waals surface area (Å²) in [5, 5.41) is 2.62. The monoisotopic (exact) mass is 330 g/mol. The lowest BCUT2D eigenvalue weighted by Gasteiger charge is -2.26. The Bertz CT molecular complexity index is 696. The zero-order valence-electron chi connectivity index (χ0n) is 15.6. The Labute approximate surface area is 152 Å². The van der Waals surface area contributed by atoms with E-state index in [9.17, 15) is 0 Å². The van der Waals surface area contributed by atoms with E-state index in [-0.39, 0.29) is 0 Å². The molecular formula is C25H30. The van der Waals surface area contributed by atoms with Crippen molar-refractivity contribution < 1.29 is 0 Å². The molecule has 0 spiro atoms. The molecular weight excluding hydrogens is 300 g/mol. The van der Waals surface area contributed by atoms with E-state index < -0.39 is 0 Å². The molecule has 1 saturated carbocycles. The smallest absolute Gasteiger partial charge is 0.0184 e. The molecule has 4 rings (SSSR count). The fraction of sp³-hybridized carbons (Fsp3) is 0.360. The van der Waals surface area contributed by atoms with Crippen molar-refractivity contribution in [2.24, 2.45) is 11.8 Å². The average Bonchev–Trinajstić information content (AvgIpc) is 2.66. The van der Waals surface area contributed by atoms with E-state index in [1.165, 1.54) is 54.0 Å². The first-order valence-corrected chi connectivity index (χ1v) is 9.70. The maximum atomic E-state index is 2.39. The number of aryl methyl sites for hydroxylation is 1. The molecule has 0 atom stereocenters. The lowest BCUT2D eigenvalue weighted by Crippen LogP contribution is -2.14. The van der Waals surface area contributed by atoms with Crippen LogP contribution in [0.15, 0.2) is 72.8 Å². The van der Waals surface area contributed by atoms with E-state index >= 15 is 0 Å². The zero-order chi connectivity index (χ0) is 17.5. The Hall–Kier alpha value is -2.08. The molecule has 0 aliphatic heterocycles. The second kappa shape index (κ2) is 8.85. The molecule has 0 heterocycles. The lowest BCUT2D eigenvalue weighted by atomic mass is 9.80. The summed E-state index contributed by atoms with van der Waals surface area (Å²) >= 11 is 0. The summed E-state index contributed by atoms with van der Waals surface area (Å²) in [6, 6.07) is 25.8. The predicted octanol–water partition coefficient (Wildman–Crippen LogP) is 7.20. The Morgan fingerprint density at radius 1 is 0.680 bits per heavy atom. The fourth-order valence-corrected chi connectivity index (χ4v) is 3.72. The van der Waals surface area contributed by atoms with Crippen LogP contribution in [0.25, 0.3) is 10.8 Å². The van der Waals surface area contributed by atoms with Crippen LogP contribution >= 0.6 is 0 Å². The predicted molar refractivity (Wildman–Crippen MR) is 110 cm³/mol. The van der Waals surface area contributed by atoms with Gasteiger partial charge in [-0.3, -0.25) is 0 Å². The van der Waals surface area contributed by atoms with Crippen LogP contribution in [-0.2, 0) is 6.42 Å². The van der Waals surface area contributed by atoms with Gasteiger partial charge in [-0.15, -0.1) is 0 Å². The number of benzene rings is 3. The molecule has 1 fully saturated rings. The Morgan fingerprint density at radius 2 is 1.16 bits per heavy atom. The van der Waals surface area contributed by atoms with Crippen LogP contribution in [0, 0.1) is 18.8 Å². The quantitative estimate of drug-likeness (QED) is 0.466. The van der Waals surface area contributed by atoms with Gasteiger partial charge in [-0.2, -0.15) is 0 Å². The Kier molecular flexibility index (Phi) is 6.28. The van der Waals surface area contributed by atoms with Crippen LogP contribution in [0.4, 0.5) is 0 Å². The zero-order valence-corrected chi connectivity index (χ0v) is 15.6. The topological polar surface area (TPSA) is 0 Å². The van der Waals surface area contributed by atoms with Crippen molar-refractivity contribution in [1.29, 1.82) is 0 Å².